The number of hydrogen-bond donors (Lipinski definition) is 1. The minimum atomic E-state index is -4.38. The van der Waals surface area contributed by atoms with Gasteiger partial charge in [-0.3, -0.25) is 4.79 Å². The van der Waals surface area contributed by atoms with E-state index < -0.39 is 30.7 Å². The summed E-state index contributed by atoms with van der Waals surface area (Å²) in [5, 5.41) is 2.40. The van der Waals surface area contributed by atoms with E-state index in [1.54, 1.807) is 0 Å². The lowest BCUT2D eigenvalue weighted by Crippen LogP contribution is -2.47. The van der Waals surface area contributed by atoms with E-state index in [1.165, 1.54) is 13.2 Å². The fourth-order valence-electron chi connectivity index (χ4n) is 2.95. The number of carbonyl (C=O) groups is 1. The summed E-state index contributed by atoms with van der Waals surface area (Å²) < 4.78 is 73.0. The zero-order chi connectivity index (χ0) is 18.6. The van der Waals surface area contributed by atoms with Crippen molar-refractivity contribution in [3.05, 3.63) is 23.8 Å². The zero-order valence-electron chi connectivity index (χ0n) is 13.4. The van der Waals surface area contributed by atoms with Crippen molar-refractivity contribution in [2.75, 3.05) is 7.11 Å². The van der Waals surface area contributed by atoms with Crippen molar-refractivity contribution in [1.29, 1.82) is 0 Å². The van der Waals surface area contributed by atoms with Gasteiger partial charge in [0, 0.05) is 11.6 Å². The highest BCUT2D eigenvalue weighted by molar-refractivity contribution is 5.95. The third-order valence-corrected chi connectivity index (χ3v) is 4.14. The summed E-state index contributed by atoms with van der Waals surface area (Å²) >= 11 is 0. The van der Waals surface area contributed by atoms with Gasteiger partial charge in [-0.1, -0.05) is 12.8 Å². The number of rotatable bonds is 5. The van der Waals surface area contributed by atoms with E-state index in [-0.39, 0.29) is 29.9 Å². The molecular formula is C16H18F5NO3. The Morgan fingerprint density at radius 1 is 1.20 bits per heavy atom. The van der Waals surface area contributed by atoms with E-state index in [9.17, 15) is 26.7 Å². The molecule has 1 saturated carbocycles. The fraction of sp³-hybridized carbons (Fsp3) is 0.562. The van der Waals surface area contributed by atoms with Crippen LogP contribution < -0.4 is 14.8 Å². The number of amides is 1. The second-order valence-corrected chi connectivity index (χ2v) is 5.76. The molecule has 4 nitrogen and oxygen atoms in total. The maximum atomic E-state index is 13.1. The molecule has 1 fully saturated rings. The van der Waals surface area contributed by atoms with Crippen molar-refractivity contribution >= 4 is 5.91 Å². The van der Waals surface area contributed by atoms with Gasteiger partial charge in [-0.2, -0.15) is 22.0 Å². The van der Waals surface area contributed by atoms with Crippen LogP contribution in [-0.2, 0) is 0 Å². The van der Waals surface area contributed by atoms with Gasteiger partial charge in [0.2, 0.25) is 0 Å². The van der Waals surface area contributed by atoms with Gasteiger partial charge in [0.25, 0.3) is 5.91 Å². The Hall–Kier alpha value is -2.06. The first-order chi connectivity index (χ1) is 11.7. The Morgan fingerprint density at radius 2 is 1.88 bits per heavy atom. The topological polar surface area (TPSA) is 47.6 Å². The predicted octanol–water partition coefficient (Wildman–Crippen LogP) is 4.15. The Morgan fingerprint density at radius 3 is 2.48 bits per heavy atom. The summed E-state index contributed by atoms with van der Waals surface area (Å²) in [7, 11) is 1.20. The van der Waals surface area contributed by atoms with Gasteiger partial charge in [-0.05, 0) is 31.0 Å². The number of carbonyl (C=O) groups excluding carboxylic acids is 1. The van der Waals surface area contributed by atoms with Gasteiger partial charge in [0.1, 0.15) is 0 Å². The number of halogens is 5. The molecule has 1 N–H and O–H groups in total. The lowest BCUT2D eigenvalue weighted by atomic mass is 9.84. The molecule has 0 bridgehead atoms. The second kappa shape index (κ2) is 7.88. The van der Waals surface area contributed by atoms with Crippen molar-refractivity contribution in [2.45, 2.75) is 44.5 Å². The summed E-state index contributed by atoms with van der Waals surface area (Å²) in [6.45, 7) is -3.07. The number of methoxy groups -OCH3 is 1. The number of benzene rings is 1. The monoisotopic (exact) mass is 367 g/mol. The molecule has 2 rings (SSSR count). The van der Waals surface area contributed by atoms with Crippen LogP contribution in [-0.4, -0.2) is 31.8 Å². The Labute approximate surface area is 141 Å². The normalized spacial score (nSPS) is 21.1. The molecule has 1 aliphatic carbocycles. The molecule has 1 aliphatic rings. The molecule has 25 heavy (non-hydrogen) atoms. The highest BCUT2D eigenvalue weighted by atomic mass is 19.4. The summed E-state index contributed by atoms with van der Waals surface area (Å²) in [4.78, 5) is 12.3. The lowest BCUT2D eigenvalue weighted by Gasteiger charge is -2.33. The van der Waals surface area contributed by atoms with E-state index >= 15 is 0 Å². The van der Waals surface area contributed by atoms with E-state index in [0.29, 0.717) is 12.8 Å². The standard InChI is InChI=1S/C16H18F5NO3/c1-24-13-8-9(6-7-12(13)25-15(17)18)14(23)22-11-5-3-2-4-10(11)16(19,20)21/h6-8,10-11,15H,2-5H2,1H3,(H,22,23)/t10-,11+/m0/s1. The van der Waals surface area contributed by atoms with E-state index in [1.807, 2.05) is 0 Å². The van der Waals surface area contributed by atoms with Crippen LogP contribution in [0.25, 0.3) is 0 Å². The Bertz CT molecular complexity index is 606. The van der Waals surface area contributed by atoms with Gasteiger partial charge >= 0.3 is 12.8 Å². The molecule has 2 atom stereocenters. The summed E-state index contributed by atoms with van der Waals surface area (Å²) in [5.74, 6) is -2.68. The van der Waals surface area contributed by atoms with Crippen molar-refractivity contribution in [3.63, 3.8) is 0 Å². The summed E-state index contributed by atoms with van der Waals surface area (Å²) in [6.07, 6.45) is -3.12. The first-order valence-electron chi connectivity index (χ1n) is 7.72. The van der Waals surface area contributed by atoms with Gasteiger partial charge in [-0.25, -0.2) is 0 Å². The molecule has 0 aromatic heterocycles. The zero-order valence-corrected chi connectivity index (χ0v) is 13.4. The average Bonchev–Trinajstić information content (AvgIpc) is 2.54. The minimum Gasteiger partial charge on any atom is -0.493 e. The number of hydrogen-bond acceptors (Lipinski definition) is 3. The van der Waals surface area contributed by atoms with E-state index in [0.717, 1.165) is 12.1 Å². The van der Waals surface area contributed by atoms with Crippen molar-refractivity contribution in [1.82, 2.24) is 5.32 Å². The summed E-state index contributed by atoms with van der Waals surface area (Å²) in [6, 6.07) is 2.45. The fourth-order valence-corrected chi connectivity index (χ4v) is 2.95. The first kappa shape index (κ1) is 19.3. The molecule has 0 unspecified atom stereocenters. The van der Waals surface area contributed by atoms with Crippen LogP contribution in [0.1, 0.15) is 36.0 Å². The highest BCUT2D eigenvalue weighted by Gasteiger charge is 2.46. The quantitative estimate of drug-likeness (QED) is 0.796. The molecule has 0 aliphatic heterocycles. The molecule has 0 saturated heterocycles. The Balaban J connectivity index is 2.14. The average molecular weight is 367 g/mol. The third kappa shape index (κ3) is 4.96. The predicted molar refractivity (Wildman–Crippen MR) is 78.9 cm³/mol. The molecule has 0 spiro atoms. The van der Waals surface area contributed by atoms with Crippen LogP contribution in [0.4, 0.5) is 22.0 Å². The van der Waals surface area contributed by atoms with Crippen LogP contribution in [0, 0.1) is 5.92 Å². The van der Waals surface area contributed by atoms with Crippen LogP contribution in [0.15, 0.2) is 18.2 Å². The lowest BCUT2D eigenvalue weighted by molar-refractivity contribution is -0.187. The molecule has 1 aromatic rings. The maximum absolute atomic E-state index is 13.1. The largest absolute Gasteiger partial charge is 0.493 e. The molecule has 9 heteroatoms. The van der Waals surface area contributed by atoms with Crippen LogP contribution in [0.3, 0.4) is 0 Å². The van der Waals surface area contributed by atoms with Crippen molar-refractivity contribution in [2.24, 2.45) is 5.92 Å². The summed E-state index contributed by atoms with van der Waals surface area (Å²) in [5.41, 5.74) is 0.00460. The van der Waals surface area contributed by atoms with Gasteiger partial charge in [-0.15, -0.1) is 0 Å². The molecule has 0 radical (unpaired) electrons. The third-order valence-electron chi connectivity index (χ3n) is 4.14. The van der Waals surface area contributed by atoms with E-state index in [4.69, 9.17) is 4.74 Å². The molecule has 1 amide bonds. The molecular weight excluding hydrogens is 349 g/mol. The van der Waals surface area contributed by atoms with Gasteiger partial charge in [0.05, 0.1) is 13.0 Å². The Kier molecular flexibility index (Phi) is 6.07. The number of ether oxygens (including phenoxy) is 2. The minimum absolute atomic E-state index is 0.00460. The molecule has 140 valence electrons. The second-order valence-electron chi connectivity index (χ2n) is 5.76. The highest BCUT2D eigenvalue weighted by Crippen LogP contribution is 2.38. The van der Waals surface area contributed by atoms with Crippen LogP contribution >= 0.6 is 0 Å². The SMILES string of the molecule is COc1cc(C(=O)N[C@@H]2CCCC[C@@H]2C(F)(F)F)ccc1OC(F)F. The number of nitrogens with one attached hydrogen (secondary N) is 1. The van der Waals surface area contributed by atoms with Gasteiger partial charge < -0.3 is 14.8 Å². The van der Waals surface area contributed by atoms with Crippen LogP contribution in [0.5, 0.6) is 11.5 Å². The van der Waals surface area contributed by atoms with E-state index in [2.05, 4.69) is 10.1 Å². The number of alkyl halides is 5. The molecule has 1 aromatic carbocycles. The van der Waals surface area contributed by atoms with Crippen molar-refractivity contribution in [3.8, 4) is 11.5 Å². The molecule has 0 heterocycles. The maximum Gasteiger partial charge on any atom is 0.393 e. The van der Waals surface area contributed by atoms with Crippen LogP contribution in [0.2, 0.25) is 0 Å². The smallest absolute Gasteiger partial charge is 0.393 e. The van der Waals surface area contributed by atoms with Crippen molar-refractivity contribution < 1.29 is 36.2 Å². The first-order valence-corrected chi connectivity index (χ1v) is 7.72. The van der Waals surface area contributed by atoms with Gasteiger partial charge in [0.15, 0.2) is 11.5 Å².